The standard InChI is InChI=1S/C27H24F3N5O2.C2H6/c1-18-3-5-19(6-4-18)22-11-14-35(17-37)26(25(22)20-9-12-31-13-10-20)33-34(2)15-21-7-8-24(27(28,29)30)32-23(21)16-36;1-2/h3-14,17,36H,15-16H2,1-2H3;1-2H3/b33-26-;. The molecule has 4 aromatic rings. The highest BCUT2D eigenvalue weighted by molar-refractivity contribution is 5.83. The summed E-state index contributed by atoms with van der Waals surface area (Å²) in [4.78, 5) is 19.7. The van der Waals surface area contributed by atoms with Gasteiger partial charge in [-0.25, -0.2) is 4.98 Å². The van der Waals surface area contributed by atoms with Crippen molar-refractivity contribution in [1.29, 1.82) is 0 Å². The number of carbonyl (C=O) groups is 1. The Morgan fingerprint density at radius 1 is 1.00 bits per heavy atom. The third kappa shape index (κ3) is 6.97. The van der Waals surface area contributed by atoms with E-state index in [0.717, 1.165) is 28.3 Å². The number of nitrogens with zero attached hydrogens (tertiary/aromatic N) is 5. The van der Waals surface area contributed by atoms with Gasteiger partial charge in [0.25, 0.3) is 0 Å². The van der Waals surface area contributed by atoms with Crippen molar-refractivity contribution >= 4 is 6.41 Å². The highest BCUT2D eigenvalue weighted by Gasteiger charge is 2.33. The number of benzene rings is 1. The Morgan fingerprint density at radius 2 is 1.67 bits per heavy atom. The molecule has 0 aliphatic carbocycles. The van der Waals surface area contributed by atoms with Crippen LogP contribution in [0.4, 0.5) is 13.2 Å². The van der Waals surface area contributed by atoms with Crippen LogP contribution in [0.25, 0.3) is 22.3 Å². The summed E-state index contributed by atoms with van der Waals surface area (Å²) in [7, 11) is 1.63. The van der Waals surface area contributed by atoms with Crippen LogP contribution < -0.4 is 5.49 Å². The molecular formula is C29H30F3N5O2. The second kappa shape index (κ2) is 13.0. The molecule has 10 heteroatoms. The maximum Gasteiger partial charge on any atom is 0.433 e. The molecule has 4 rings (SSSR count). The summed E-state index contributed by atoms with van der Waals surface area (Å²) in [5, 5.41) is 15.8. The van der Waals surface area contributed by atoms with Crippen LogP contribution in [0.15, 0.2) is 78.3 Å². The van der Waals surface area contributed by atoms with Gasteiger partial charge in [-0.1, -0.05) is 49.7 Å². The van der Waals surface area contributed by atoms with Crippen LogP contribution in [0.5, 0.6) is 0 Å². The number of hydrogen-bond donors (Lipinski definition) is 1. The zero-order chi connectivity index (χ0) is 28.6. The molecule has 39 heavy (non-hydrogen) atoms. The van der Waals surface area contributed by atoms with E-state index in [2.05, 4.69) is 15.1 Å². The van der Waals surface area contributed by atoms with Gasteiger partial charge in [0.2, 0.25) is 6.41 Å². The average Bonchev–Trinajstić information content (AvgIpc) is 2.94. The molecule has 1 N–H and O–H groups in total. The van der Waals surface area contributed by atoms with Gasteiger partial charge in [-0.15, -0.1) is 0 Å². The van der Waals surface area contributed by atoms with Crippen LogP contribution in [0.2, 0.25) is 0 Å². The fraction of sp³-hybridized carbons (Fsp3) is 0.241. The van der Waals surface area contributed by atoms with Crippen molar-refractivity contribution in [2.75, 3.05) is 7.05 Å². The van der Waals surface area contributed by atoms with Crippen molar-refractivity contribution in [3.05, 3.63) is 101 Å². The van der Waals surface area contributed by atoms with E-state index in [1.165, 1.54) is 15.6 Å². The first kappa shape index (κ1) is 29.2. The van der Waals surface area contributed by atoms with Crippen LogP contribution >= 0.6 is 0 Å². The number of rotatable bonds is 7. The van der Waals surface area contributed by atoms with Crippen molar-refractivity contribution in [3.8, 4) is 22.3 Å². The summed E-state index contributed by atoms with van der Waals surface area (Å²) in [5.74, 6) is 0. The number of alkyl halides is 3. The molecule has 0 amide bonds. The number of aliphatic hydroxyl groups excluding tert-OH is 1. The smallest absolute Gasteiger partial charge is 0.390 e. The third-order valence-electron chi connectivity index (χ3n) is 5.76. The zero-order valence-corrected chi connectivity index (χ0v) is 22.1. The second-order valence-electron chi connectivity index (χ2n) is 8.42. The fourth-order valence-corrected chi connectivity index (χ4v) is 3.93. The molecule has 0 bridgehead atoms. The van der Waals surface area contributed by atoms with E-state index < -0.39 is 18.5 Å². The van der Waals surface area contributed by atoms with Gasteiger partial charge in [0.15, 0.2) is 5.49 Å². The maximum atomic E-state index is 13.1. The predicted octanol–water partition coefficient (Wildman–Crippen LogP) is 5.44. The molecule has 3 aromatic heterocycles. The topological polar surface area (TPSA) is 83.6 Å². The molecule has 0 saturated carbocycles. The van der Waals surface area contributed by atoms with E-state index in [1.54, 1.807) is 25.6 Å². The molecule has 0 fully saturated rings. The molecule has 0 unspecified atom stereocenters. The van der Waals surface area contributed by atoms with Crippen molar-refractivity contribution in [2.24, 2.45) is 5.10 Å². The third-order valence-corrected chi connectivity index (χ3v) is 5.76. The van der Waals surface area contributed by atoms with Crippen molar-refractivity contribution in [3.63, 3.8) is 0 Å². The summed E-state index contributed by atoms with van der Waals surface area (Å²) < 4.78 is 40.5. The monoisotopic (exact) mass is 537 g/mol. The van der Waals surface area contributed by atoms with Gasteiger partial charge < -0.3 is 5.11 Å². The van der Waals surface area contributed by atoms with E-state index >= 15 is 0 Å². The Kier molecular flexibility index (Phi) is 9.73. The number of carbonyl (C=O) groups excluding carboxylic acids is 1. The van der Waals surface area contributed by atoms with Gasteiger partial charge in [-0.05, 0) is 53.4 Å². The lowest BCUT2D eigenvalue weighted by Crippen LogP contribution is -2.28. The summed E-state index contributed by atoms with van der Waals surface area (Å²) in [6.45, 7) is 5.38. The average molecular weight is 538 g/mol. The Hall–Kier alpha value is -4.31. The number of hydrogen-bond acceptors (Lipinski definition) is 6. The second-order valence-corrected chi connectivity index (χ2v) is 8.42. The molecule has 0 radical (unpaired) electrons. The first-order valence-corrected chi connectivity index (χ1v) is 12.3. The van der Waals surface area contributed by atoms with Gasteiger partial charge in [-0.3, -0.25) is 19.4 Å². The Labute approximate surface area is 224 Å². The highest BCUT2D eigenvalue weighted by Crippen LogP contribution is 2.30. The van der Waals surface area contributed by atoms with Crippen LogP contribution in [-0.4, -0.2) is 38.1 Å². The van der Waals surface area contributed by atoms with E-state index in [9.17, 15) is 23.1 Å². The lowest BCUT2D eigenvalue weighted by Gasteiger charge is -2.18. The van der Waals surface area contributed by atoms with Crippen molar-refractivity contribution in [1.82, 2.24) is 19.5 Å². The summed E-state index contributed by atoms with van der Waals surface area (Å²) >= 11 is 0. The SMILES string of the molecule is CC.Cc1ccc(-c2ccn(C=O)/c(=N\N(C)Cc3ccc(C(F)(F)F)nc3CO)c2-c2ccncc2)cc1. The lowest BCUT2D eigenvalue weighted by atomic mass is 9.96. The largest absolute Gasteiger partial charge is 0.433 e. The normalized spacial score (nSPS) is 11.5. The molecule has 0 atom stereocenters. The van der Waals surface area contributed by atoms with E-state index in [1.807, 2.05) is 63.2 Å². The quantitative estimate of drug-likeness (QED) is 0.251. The van der Waals surface area contributed by atoms with Crippen LogP contribution in [0, 0.1) is 6.92 Å². The Bertz CT molecular complexity index is 1470. The minimum atomic E-state index is -4.62. The van der Waals surface area contributed by atoms with Gasteiger partial charge >= 0.3 is 6.18 Å². The van der Waals surface area contributed by atoms with Crippen LogP contribution in [0.1, 0.15) is 36.4 Å². The number of halogens is 3. The molecule has 0 spiro atoms. The minimum absolute atomic E-state index is 0.0461. The number of aromatic nitrogens is 3. The van der Waals surface area contributed by atoms with Crippen LogP contribution in [0.3, 0.4) is 0 Å². The molecule has 3 heterocycles. The minimum Gasteiger partial charge on any atom is -0.390 e. The first-order valence-electron chi connectivity index (χ1n) is 12.3. The van der Waals surface area contributed by atoms with Crippen molar-refractivity contribution in [2.45, 2.75) is 40.1 Å². The first-order chi connectivity index (χ1) is 18.7. The Balaban J connectivity index is 0.00000205. The highest BCUT2D eigenvalue weighted by atomic mass is 19.4. The number of aliphatic hydroxyl groups is 1. The molecule has 0 saturated heterocycles. The zero-order valence-electron chi connectivity index (χ0n) is 22.1. The van der Waals surface area contributed by atoms with E-state index in [4.69, 9.17) is 0 Å². The molecule has 1 aromatic carbocycles. The van der Waals surface area contributed by atoms with Gasteiger partial charge in [0.1, 0.15) is 5.69 Å². The molecule has 0 aliphatic rings. The van der Waals surface area contributed by atoms with E-state index in [0.29, 0.717) is 23.0 Å². The molecule has 7 nitrogen and oxygen atoms in total. The molecular weight excluding hydrogens is 507 g/mol. The van der Waals surface area contributed by atoms with Crippen molar-refractivity contribution < 1.29 is 23.1 Å². The molecule has 204 valence electrons. The fourth-order valence-electron chi connectivity index (χ4n) is 3.93. The summed E-state index contributed by atoms with van der Waals surface area (Å²) in [5.41, 5.74) is 3.84. The maximum absolute atomic E-state index is 13.1. The van der Waals surface area contributed by atoms with Gasteiger partial charge in [0, 0.05) is 31.2 Å². The number of aryl methyl sites for hydroxylation is 1. The lowest BCUT2D eigenvalue weighted by molar-refractivity contribution is -0.141. The van der Waals surface area contributed by atoms with Gasteiger partial charge in [0.05, 0.1) is 18.8 Å². The Morgan fingerprint density at radius 3 is 2.26 bits per heavy atom. The van der Waals surface area contributed by atoms with E-state index in [-0.39, 0.29) is 12.2 Å². The van der Waals surface area contributed by atoms with Gasteiger partial charge in [-0.2, -0.15) is 18.3 Å². The summed E-state index contributed by atoms with van der Waals surface area (Å²) in [6.07, 6.45) is 0.903. The van der Waals surface area contributed by atoms with Crippen LogP contribution in [-0.2, 0) is 24.1 Å². The molecule has 0 aliphatic heterocycles. The predicted molar refractivity (Wildman–Crippen MR) is 144 cm³/mol. The summed E-state index contributed by atoms with van der Waals surface area (Å²) in [6, 6.07) is 15.5. The number of pyridine rings is 3.